The number of amides is 1. The van der Waals surface area contributed by atoms with Gasteiger partial charge in [0, 0.05) is 12.1 Å². The van der Waals surface area contributed by atoms with Gasteiger partial charge in [0.25, 0.3) is 5.91 Å². The lowest BCUT2D eigenvalue weighted by Crippen LogP contribution is -2.24. The van der Waals surface area contributed by atoms with Crippen LogP contribution in [0.5, 0.6) is 11.5 Å². The number of aryl methyl sites for hydroxylation is 1. The van der Waals surface area contributed by atoms with Gasteiger partial charge in [0.1, 0.15) is 18.1 Å². The van der Waals surface area contributed by atoms with Crippen molar-refractivity contribution in [2.45, 2.75) is 19.8 Å². The highest BCUT2D eigenvalue weighted by atomic mass is 16.5. The van der Waals surface area contributed by atoms with Crippen molar-refractivity contribution in [1.29, 1.82) is 0 Å². The van der Waals surface area contributed by atoms with E-state index in [-0.39, 0.29) is 5.91 Å². The van der Waals surface area contributed by atoms with Gasteiger partial charge in [0.2, 0.25) is 0 Å². The van der Waals surface area contributed by atoms with Gasteiger partial charge in [0.15, 0.2) is 0 Å². The fraction of sp³-hybridized carbons (Fsp3) is 0.286. The lowest BCUT2D eigenvalue weighted by molar-refractivity contribution is 0.0953. The van der Waals surface area contributed by atoms with E-state index in [0.717, 1.165) is 29.7 Å². The Morgan fingerprint density at radius 2 is 1.96 bits per heavy atom. The van der Waals surface area contributed by atoms with Crippen molar-refractivity contribution in [3.8, 4) is 11.5 Å². The molecule has 0 aromatic heterocycles. The minimum Gasteiger partial charge on any atom is -0.496 e. The van der Waals surface area contributed by atoms with Crippen LogP contribution < -0.4 is 14.8 Å². The van der Waals surface area contributed by atoms with E-state index in [1.807, 2.05) is 43.3 Å². The predicted molar refractivity (Wildman–Crippen MR) is 100 cm³/mol. The zero-order valence-corrected chi connectivity index (χ0v) is 14.9. The van der Waals surface area contributed by atoms with Gasteiger partial charge >= 0.3 is 0 Å². The Hall–Kier alpha value is -2.75. The summed E-state index contributed by atoms with van der Waals surface area (Å²) in [5, 5.41) is 2.95. The van der Waals surface area contributed by atoms with Gasteiger partial charge < -0.3 is 14.8 Å². The largest absolute Gasteiger partial charge is 0.496 e. The first-order valence-corrected chi connectivity index (χ1v) is 8.37. The fourth-order valence-corrected chi connectivity index (χ4v) is 2.43. The summed E-state index contributed by atoms with van der Waals surface area (Å²) in [5.41, 5.74) is 2.68. The van der Waals surface area contributed by atoms with E-state index < -0.39 is 0 Å². The number of carbonyl (C=O) groups excluding carboxylic acids is 1. The maximum absolute atomic E-state index is 12.3. The van der Waals surface area contributed by atoms with Crippen molar-refractivity contribution in [3.05, 3.63) is 71.8 Å². The Morgan fingerprint density at radius 1 is 1.16 bits per heavy atom. The van der Waals surface area contributed by atoms with Crippen molar-refractivity contribution in [2.24, 2.45) is 0 Å². The maximum Gasteiger partial charge on any atom is 0.251 e. The van der Waals surface area contributed by atoms with E-state index in [4.69, 9.17) is 9.47 Å². The van der Waals surface area contributed by atoms with Crippen LogP contribution in [0.4, 0.5) is 0 Å². The van der Waals surface area contributed by atoms with E-state index in [1.165, 1.54) is 0 Å². The smallest absolute Gasteiger partial charge is 0.251 e. The first kappa shape index (κ1) is 18.6. The normalized spacial score (nSPS) is 10.2. The molecule has 1 amide bonds. The molecule has 0 aliphatic heterocycles. The van der Waals surface area contributed by atoms with Crippen LogP contribution in [0.1, 0.15) is 29.3 Å². The highest BCUT2D eigenvalue weighted by Gasteiger charge is 2.07. The monoisotopic (exact) mass is 339 g/mol. The molecule has 4 nitrogen and oxygen atoms in total. The molecule has 0 fully saturated rings. The SMILES string of the molecule is C=C(C)COc1cccc(C(=O)NCCCc2ccccc2OC)c1. The minimum atomic E-state index is -0.0965. The molecule has 2 rings (SSSR count). The van der Waals surface area contributed by atoms with Gasteiger partial charge in [-0.3, -0.25) is 4.79 Å². The summed E-state index contributed by atoms with van der Waals surface area (Å²) in [6, 6.07) is 15.1. The Labute approximate surface area is 149 Å². The van der Waals surface area contributed by atoms with E-state index in [1.54, 1.807) is 19.2 Å². The average Bonchev–Trinajstić information content (AvgIpc) is 2.64. The average molecular weight is 339 g/mol. The number of carbonyl (C=O) groups is 1. The molecule has 0 bridgehead atoms. The van der Waals surface area contributed by atoms with Crippen LogP contribution in [-0.4, -0.2) is 26.2 Å². The molecule has 0 aliphatic rings. The van der Waals surface area contributed by atoms with Gasteiger partial charge in [-0.2, -0.15) is 0 Å². The standard InChI is InChI=1S/C21H25NO3/c1-16(2)15-25-19-11-6-9-18(14-19)21(23)22-13-7-10-17-8-4-5-12-20(17)24-3/h4-6,8-9,11-12,14H,1,7,10,13,15H2,2-3H3,(H,22,23). The third-order valence-electron chi connectivity index (χ3n) is 3.68. The molecule has 0 saturated carbocycles. The second-order valence-electron chi connectivity index (χ2n) is 5.94. The lowest BCUT2D eigenvalue weighted by atomic mass is 10.1. The van der Waals surface area contributed by atoms with Crippen LogP contribution in [0.3, 0.4) is 0 Å². The number of benzene rings is 2. The number of methoxy groups -OCH3 is 1. The molecule has 0 unspecified atom stereocenters. The maximum atomic E-state index is 12.3. The fourth-order valence-electron chi connectivity index (χ4n) is 2.43. The van der Waals surface area contributed by atoms with Crippen molar-refractivity contribution < 1.29 is 14.3 Å². The van der Waals surface area contributed by atoms with E-state index in [0.29, 0.717) is 24.5 Å². The molecule has 0 spiro atoms. The number of ether oxygens (including phenoxy) is 2. The molecule has 25 heavy (non-hydrogen) atoms. The predicted octanol–water partition coefficient (Wildman–Crippen LogP) is 4.01. The first-order valence-electron chi connectivity index (χ1n) is 8.37. The Kier molecular flexibility index (Phi) is 7.08. The summed E-state index contributed by atoms with van der Waals surface area (Å²) in [6.45, 7) is 6.76. The van der Waals surface area contributed by atoms with Crippen LogP contribution in [0.2, 0.25) is 0 Å². The van der Waals surface area contributed by atoms with E-state index in [2.05, 4.69) is 11.9 Å². The quantitative estimate of drug-likeness (QED) is 0.555. The molecular weight excluding hydrogens is 314 g/mol. The molecule has 2 aromatic carbocycles. The number of hydrogen-bond acceptors (Lipinski definition) is 3. The molecule has 0 radical (unpaired) electrons. The van der Waals surface area contributed by atoms with E-state index >= 15 is 0 Å². The molecule has 1 N–H and O–H groups in total. The highest BCUT2D eigenvalue weighted by Crippen LogP contribution is 2.18. The van der Waals surface area contributed by atoms with Crippen molar-refractivity contribution in [2.75, 3.05) is 20.3 Å². The van der Waals surface area contributed by atoms with Gasteiger partial charge in [-0.15, -0.1) is 0 Å². The molecular formula is C21H25NO3. The summed E-state index contributed by atoms with van der Waals surface area (Å²) in [7, 11) is 1.67. The number of para-hydroxylation sites is 1. The van der Waals surface area contributed by atoms with Crippen molar-refractivity contribution in [1.82, 2.24) is 5.32 Å². The Bertz CT molecular complexity index is 725. The molecule has 4 heteroatoms. The molecule has 0 atom stereocenters. The third kappa shape index (κ3) is 5.99. The molecule has 2 aromatic rings. The van der Waals surface area contributed by atoms with Gasteiger partial charge in [-0.25, -0.2) is 0 Å². The third-order valence-corrected chi connectivity index (χ3v) is 3.68. The first-order chi connectivity index (χ1) is 12.1. The lowest BCUT2D eigenvalue weighted by Gasteiger charge is -2.10. The zero-order chi connectivity index (χ0) is 18.1. The Balaban J connectivity index is 1.82. The molecule has 0 aliphatic carbocycles. The van der Waals surface area contributed by atoms with Crippen LogP contribution >= 0.6 is 0 Å². The molecule has 0 saturated heterocycles. The zero-order valence-electron chi connectivity index (χ0n) is 14.9. The van der Waals surface area contributed by atoms with Gasteiger partial charge in [-0.1, -0.05) is 30.8 Å². The van der Waals surface area contributed by atoms with Crippen LogP contribution in [0, 0.1) is 0 Å². The minimum absolute atomic E-state index is 0.0965. The second-order valence-corrected chi connectivity index (χ2v) is 5.94. The molecule has 0 heterocycles. The topological polar surface area (TPSA) is 47.6 Å². The summed E-state index contributed by atoms with van der Waals surface area (Å²) in [5.74, 6) is 1.46. The number of rotatable bonds is 9. The van der Waals surface area contributed by atoms with Crippen molar-refractivity contribution in [3.63, 3.8) is 0 Å². The summed E-state index contributed by atoms with van der Waals surface area (Å²) >= 11 is 0. The second kappa shape index (κ2) is 9.52. The van der Waals surface area contributed by atoms with Gasteiger partial charge in [-0.05, 0) is 55.2 Å². The summed E-state index contributed by atoms with van der Waals surface area (Å²) < 4.78 is 10.9. The molecule has 132 valence electrons. The number of nitrogens with one attached hydrogen (secondary N) is 1. The summed E-state index contributed by atoms with van der Waals surface area (Å²) in [4.78, 5) is 12.3. The van der Waals surface area contributed by atoms with Crippen molar-refractivity contribution >= 4 is 5.91 Å². The highest BCUT2D eigenvalue weighted by molar-refractivity contribution is 5.94. The van der Waals surface area contributed by atoms with Gasteiger partial charge in [0.05, 0.1) is 7.11 Å². The van der Waals surface area contributed by atoms with Crippen LogP contribution in [-0.2, 0) is 6.42 Å². The van der Waals surface area contributed by atoms with Crippen LogP contribution in [0.15, 0.2) is 60.7 Å². The Morgan fingerprint density at radius 3 is 2.72 bits per heavy atom. The summed E-state index contributed by atoms with van der Waals surface area (Å²) in [6.07, 6.45) is 1.70. The number of hydrogen-bond donors (Lipinski definition) is 1. The van der Waals surface area contributed by atoms with E-state index in [9.17, 15) is 4.79 Å². The van der Waals surface area contributed by atoms with Crippen LogP contribution in [0.25, 0.3) is 0 Å².